The lowest BCUT2D eigenvalue weighted by Gasteiger charge is -2.38. The number of para-hydroxylation sites is 2. The molecule has 25 heavy (non-hydrogen) atoms. The molecule has 0 saturated heterocycles. The van der Waals surface area contributed by atoms with Crippen LogP contribution in [0.1, 0.15) is 17.4 Å². The van der Waals surface area contributed by atoms with Crippen LogP contribution in [-0.4, -0.2) is 4.92 Å². The molecule has 0 saturated carbocycles. The number of nitro benzene ring substituents is 1. The van der Waals surface area contributed by atoms with Crippen LogP contribution in [0.3, 0.4) is 0 Å². The van der Waals surface area contributed by atoms with Crippen molar-refractivity contribution in [2.45, 2.75) is 12.8 Å². The maximum Gasteiger partial charge on any atom is 0.269 e. The van der Waals surface area contributed by atoms with Crippen molar-refractivity contribution in [3.63, 3.8) is 0 Å². The summed E-state index contributed by atoms with van der Waals surface area (Å²) in [7, 11) is 0. The van der Waals surface area contributed by atoms with E-state index in [4.69, 9.17) is 4.74 Å². The number of nitrogens with zero attached hydrogens (tertiary/aromatic N) is 2. The number of anilines is 1. The molecule has 0 aliphatic carbocycles. The molecule has 5 heteroatoms. The molecule has 0 spiro atoms. The van der Waals surface area contributed by atoms with Gasteiger partial charge in [0.05, 0.1) is 11.5 Å². The van der Waals surface area contributed by atoms with Crippen molar-refractivity contribution >= 4 is 11.4 Å². The van der Waals surface area contributed by atoms with Gasteiger partial charge in [0, 0.05) is 28.9 Å². The fourth-order valence-electron chi connectivity index (χ4n) is 3.05. The van der Waals surface area contributed by atoms with E-state index in [9.17, 15) is 10.1 Å². The summed E-state index contributed by atoms with van der Waals surface area (Å²) in [5.74, 6) is 0.845. The number of ether oxygens (including phenoxy) is 1. The predicted molar refractivity (Wildman–Crippen MR) is 95.5 cm³/mol. The monoisotopic (exact) mass is 332 g/mol. The first-order chi connectivity index (χ1) is 12.2. The molecule has 124 valence electrons. The quantitative estimate of drug-likeness (QED) is 0.515. The average Bonchev–Trinajstić information content (AvgIpc) is 2.68. The largest absolute Gasteiger partial charge is 0.466 e. The van der Waals surface area contributed by atoms with Crippen LogP contribution in [0.2, 0.25) is 0 Å². The van der Waals surface area contributed by atoms with Crippen LogP contribution in [0, 0.1) is 10.1 Å². The van der Waals surface area contributed by atoms with Crippen LogP contribution in [0.25, 0.3) is 0 Å². The molecule has 1 aliphatic heterocycles. The molecule has 4 rings (SSSR count). The lowest BCUT2D eigenvalue weighted by molar-refractivity contribution is -0.384. The maximum absolute atomic E-state index is 10.9. The standard InChI is InChI=1S/C20H16N2O3/c23-22(24)18-12-10-15(11-13-18)20-21(17-7-2-1-3-8-17)14-16-6-4-5-9-19(16)25-20/h1-13,20H,14H2. The van der Waals surface area contributed by atoms with Gasteiger partial charge in [0.25, 0.3) is 5.69 Å². The zero-order valence-electron chi connectivity index (χ0n) is 13.4. The van der Waals surface area contributed by atoms with Gasteiger partial charge in [0.1, 0.15) is 5.75 Å². The van der Waals surface area contributed by atoms with Crippen LogP contribution in [0.15, 0.2) is 78.9 Å². The summed E-state index contributed by atoms with van der Waals surface area (Å²) >= 11 is 0. The van der Waals surface area contributed by atoms with Crippen LogP contribution in [0.5, 0.6) is 5.75 Å². The van der Waals surface area contributed by atoms with Gasteiger partial charge in [0.2, 0.25) is 0 Å². The average molecular weight is 332 g/mol. The summed E-state index contributed by atoms with van der Waals surface area (Å²) in [6.07, 6.45) is -0.335. The van der Waals surface area contributed by atoms with Gasteiger partial charge < -0.3 is 9.64 Å². The van der Waals surface area contributed by atoms with Gasteiger partial charge in [-0.05, 0) is 30.3 Å². The number of fused-ring (bicyclic) bond motifs is 1. The Balaban J connectivity index is 1.75. The molecule has 0 aromatic heterocycles. The minimum absolute atomic E-state index is 0.0752. The first-order valence-electron chi connectivity index (χ1n) is 8.03. The Morgan fingerprint density at radius 2 is 1.60 bits per heavy atom. The summed E-state index contributed by atoms with van der Waals surface area (Å²) < 4.78 is 6.24. The van der Waals surface area contributed by atoms with E-state index in [0.29, 0.717) is 6.54 Å². The Bertz CT molecular complexity index is 894. The van der Waals surface area contributed by atoms with Gasteiger partial charge in [0.15, 0.2) is 6.23 Å². The Labute approximate surface area is 145 Å². The fraction of sp³-hybridized carbons (Fsp3) is 0.100. The normalized spacial score (nSPS) is 16.0. The highest BCUT2D eigenvalue weighted by Crippen LogP contribution is 2.38. The number of hydrogen-bond donors (Lipinski definition) is 0. The molecule has 0 bridgehead atoms. The first kappa shape index (κ1) is 15.2. The van der Waals surface area contributed by atoms with Crippen molar-refractivity contribution < 1.29 is 9.66 Å². The summed E-state index contributed by atoms with van der Waals surface area (Å²) in [6.45, 7) is 0.710. The summed E-state index contributed by atoms with van der Waals surface area (Å²) in [5, 5.41) is 10.9. The minimum Gasteiger partial charge on any atom is -0.466 e. The van der Waals surface area contributed by atoms with Crippen molar-refractivity contribution in [1.82, 2.24) is 0 Å². The van der Waals surface area contributed by atoms with Gasteiger partial charge in [-0.25, -0.2) is 0 Å². The van der Waals surface area contributed by atoms with Crippen LogP contribution < -0.4 is 9.64 Å². The van der Waals surface area contributed by atoms with E-state index in [1.807, 2.05) is 48.5 Å². The molecule has 0 fully saturated rings. The SMILES string of the molecule is O=[N+]([O-])c1ccc(C2Oc3ccccc3CN2c2ccccc2)cc1. The smallest absolute Gasteiger partial charge is 0.269 e. The van der Waals surface area contributed by atoms with Gasteiger partial charge in [-0.2, -0.15) is 0 Å². The van der Waals surface area contributed by atoms with E-state index in [-0.39, 0.29) is 11.9 Å². The number of benzene rings is 3. The van der Waals surface area contributed by atoms with Crippen molar-refractivity contribution in [3.8, 4) is 5.75 Å². The van der Waals surface area contributed by atoms with Crippen molar-refractivity contribution in [1.29, 1.82) is 0 Å². The van der Waals surface area contributed by atoms with Crippen LogP contribution in [0.4, 0.5) is 11.4 Å². The molecular formula is C20H16N2O3. The third-order valence-electron chi connectivity index (χ3n) is 4.31. The minimum atomic E-state index is -0.393. The molecule has 3 aromatic carbocycles. The third kappa shape index (κ3) is 2.92. The zero-order chi connectivity index (χ0) is 17.2. The molecule has 1 atom stereocenters. The highest BCUT2D eigenvalue weighted by Gasteiger charge is 2.29. The summed E-state index contributed by atoms with van der Waals surface area (Å²) in [6, 6.07) is 24.5. The predicted octanol–water partition coefficient (Wildman–Crippen LogP) is 4.69. The fourth-order valence-corrected chi connectivity index (χ4v) is 3.05. The van der Waals surface area contributed by atoms with Crippen LogP contribution >= 0.6 is 0 Å². The Morgan fingerprint density at radius 1 is 0.920 bits per heavy atom. The molecule has 0 radical (unpaired) electrons. The lowest BCUT2D eigenvalue weighted by Crippen LogP contribution is -2.35. The van der Waals surface area contributed by atoms with Gasteiger partial charge >= 0.3 is 0 Å². The number of hydrogen-bond acceptors (Lipinski definition) is 4. The third-order valence-corrected chi connectivity index (χ3v) is 4.31. The Kier molecular flexibility index (Phi) is 3.82. The molecular weight excluding hydrogens is 316 g/mol. The second-order valence-corrected chi connectivity index (χ2v) is 5.89. The van der Waals surface area contributed by atoms with E-state index in [2.05, 4.69) is 11.0 Å². The van der Waals surface area contributed by atoms with E-state index >= 15 is 0 Å². The number of nitro groups is 1. The van der Waals surface area contributed by atoms with Crippen LogP contribution in [-0.2, 0) is 6.54 Å². The first-order valence-corrected chi connectivity index (χ1v) is 8.03. The Hall–Kier alpha value is -3.34. The van der Waals surface area contributed by atoms with Gasteiger partial charge in [-0.3, -0.25) is 10.1 Å². The number of rotatable bonds is 3. The maximum atomic E-state index is 10.9. The Morgan fingerprint density at radius 3 is 2.32 bits per heavy atom. The molecule has 0 amide bonds. The van der Waals surface area contributed by atoms with Gasteiger partial charge in [-0.15, -0.1) is 0 Å². The number of non-ortho nitro benzene ring substituents is 1. The molecule has 1 aliphatic rings. The molecule has 3 aromatic rings. The van der Waals surface area contributed by atoms with Crippen molar-refractivity contribution in [2.75, 3.05) is 4.90 Å². The summed E-state index contributed by atoms with van der Waals surface area (Å²) in [4.78, 5) is 12.7. The summed E-state index contributed by atoms with van der Waals surface area (Å²) in [5.41, 5.74) is 3.11. The molecule has 0 N–H and O–H groups in total. The van der Waals surface area contributed by atoms with E-state index in [0.717, 1.165) is 22.6 Å². The van der Waals surface area contributed by atoms with Crippen molar-refractivity contribution in [3.05, 3.63) is 100 Å². The topological polar surface area (TPSA) is 55.6 Å². The molecule has 1 unspecified atom stereocenters. The molecule has 1 heterocycles. The van der Waals surface area contributed by atoms with Gasteiger partial charge in [-0.1, -0.05) is 36.4 Å². The highest BCUT2D eigenvalue weighted by molar-refractivity contribution is 5.53. The van der Waals surface area contributed by atoms with E-state index in [1.54, 1.807) is 12.1 Å². The zero-order valence-corrected chi connectivity index (χ0v) is 13.4. The lowest BCUT2D eigenvalue weighted by atomic mass is 10.1. The van der Waals surface area contributed by atoms with E-state index in [1.165, 1.54) is 12.1 Å². The second kappa shape index (κ2) is 6.28. The van der Waals surface area contributed by atoms with Crippen molar-refractivity contribution in [2.24, 2.45) is 0 Å². The second-order valence-electron chi connectivity index (χ2n) is 5.89. The highest BCUT2D eigenvalue weighted by atomic mass is 16.6. The molecule has 5 nitrogen and oxygen atoms in total. The van der Waals surface area contributed by atoms with E-state index < -0.39 is 4.92 Å².